The Labute approximate surface area is 94.9 Å². The van der Waals surface area contributed by atoms with Crippen LogP contribution in [0, 0.1) is 5.41 Å². The van der Waals surface area contributed by atoms with Gasteiger partial charge in [0.2, 0.25) is 0 Å². The molecule has 1 aromatic heterocycles. The number of anilines is 1. The minimum Gasteiger partial charge on any atom is -0.349 e. The van der Waals surface area contributed by atoms with Gasteiger partial charge in [-0.05, 0) is 12.1 Å². The van der Waals surface area contributed by atoms with Gasteiger partial charge in [-0.3, -0.25) is 20.7 Å². The lowest BCUT2D eigenvalue weighted by atomic mass is 10.4. The summed E-state index contributed by atoms with van der Waals surface area (Å²) in [6.45, 7) is 0. The van der Waals surface area contributed by atoms with Gasteiger partial charge in [0.1, 0.15) is 0 Å². The monoisotopic (exact) mass is 220 g/mol. The number of pyridine rings is 1. The van der Waals surface area contributed by atoms with Crippen LogP contribution in [-0.2, 0) is 0 Å². The largest absolute Gasteiger partial charge is 0.349 e. The van der Waals surface area contributed by atoms with Gasteiger partial charge in [0.05, 0.1) is 11.9 Å². The molecule has 1 aromatic rings. The van der Waals surface area contributed by atoms with E-state index < -0.39 is 0 Å². The summed E-state index contributed by atoms with van der Waals surface area (Å²) in [5.74, 6) is 0.767. The third-order valence-corrected chi connectivity index (χ3v) is 1.80. The van der Waals surface area contributed by atoms with E-state index in [1.165, 1.54) is 0 Å². The van der Waals surface area contributed by atoms with Crippen molar-refractivity contribution < 1.29 is 0 Å². The third-order valence-electron chi connectivity index (χ3n) is 1.80. The van der Waals surface area contributed by atoms with Crippen molar-refractivity contribution in [2.45, 2.75) is 0 Å². The molecule has 0 atom stereocenters. The summed E-state index contributed by atoms with van der Waals surface area (Å²) in [7, 11) is 5.37. The number of hydrogen-bond donors (Lipinski definition) is 3. The first-order valence-electron chi connectivity index (χ1n) is 4.80. The van der Waals surface area contributed by atoms with Crippen molar-refractivity contribution in [3.63, 3.8) is 0 Å². The molecule has 0 saturated carbocycles. The first-order valence-corrected chi connectivity index (χ1v) is 4.80. The van der Waals surface area contributed by atoms with Gasteiger partial charge in [-0.15, -0.1) is 0 Å². The lowest BCUT2D eigenvalue weighted by Gasteiger charge is -2.17. The van der Waals surface area contributed by atoms with Crippen LogP contribution in [0.25, 0.3) is 0 Å². The summed E-state index contributed by atoms with van der Waals surface area (Å²) in [5.41, 5.74) is 0.759. The van der Waals surface area contributed by atoms with E-state index >= 15 is 0 Å². The van der Waals surface area contributed by atoms with Gasteiger partial charge in [0.25, 0.3) is 0 Å². The van der Waals surface area contributed by atoms with Gasteiger partial charge in [0, 0.05) is 27.3 Å². The quantitative estimate of drug-likeness (QED) is 0.477. The average Bonchev–Trinajstić information content (AvgIpc) is 2.27. The molecule has 0 radical (unpaired) electrons. The van der Waals surface area contributed by atoms with E-state index in [4.69, 9.17) is 5.41 Å². The van der Waals surface area contributed by atoms with Crippen LogP contribution in [-0.4, -0.2) is 42.9 Å². The molecule has 3 N–H and O–H groups in total. The van der Waals surface area contributed by atoms with E-state index in [0.29, 0.717) is 5.96 Å². The Kier molecular flexibility index (Phi) is 4.26. The van der Waals surface area contributed by atoms with Crippen molar-refractivity contribution in [2.75, 3.05) is 26.5 Å². The van der Waals surface area contributed by atoms with Gasteiger partial charge in [-0.25, -0.2) is 0 Å². The summed E-state index contributed by atoms with van der Waals surface area (Å²) in [6.07, 6.45) is 3.33. The second kappa shape index (κ2) is 5.69. The van der Waals surface area contributed by atoms with E-state index in [9.17, 15) is 0 Å². The Bertz CT molecular complexity index is 370. The number of hydrogen-bond acceptors (Lipinski definition) is 3. The van der Waals surface area contributed by atoms with Crippen LogP contribution in [0.2, 0.25) is 0 Å². The summed E-state index contributed by atoms with van der Waals surface area (Å²) in [4.78, 5) is 9.74. The Morgan fingerprint density at radius 3 is 2.75 bits per heavy atom. The Hall–Kier alpha value is -2.11. The van der Waals surface area contributed by atoms with E-state index in [-0.39, 0.29) is 5.96 Å². The number of rotatable bonds is 1. The molecular formula is C10H16N6. The zero-order valence-corrected chi connectivity index (χ0v) is 9.65. The second-order valence-electron chi connectivity index (χ2n) is 3.31. The molecule has 1 rings (SSSR count). The molecule has 16 heavy (non-hydrogen) atoms. The lowest BCUT2D eigenvalue weighted by Crippen LogP contribution is -2.42. The fraction of sp³-hybridized carbons (Fsp3) is 0.300. The van der Waals surface area contributed by atoms with Crippen molar-refractivity contribution in [3.05, 3.63) is 24.5 Å². The number of guanidine groups is 2. The van der Waals surface area contributed by atoms with Crippen LogP contribution >= 0.6 is 0 Å². The number of nitrogens with zero attached hydrogens (tertiary/aromatic N) is 3. The maximum absolute atomic E-state index is 7.70. The standard InChI is InChI=1S/C10H16N6/c1-12-10(16(2)3)15-9(11)14-8-5-4-6-13-7-8/h4-7H,1-3H3,(H3,11,12,14,15). The molecule has 0 aliphatic heterocycles. The molecule has 0 fully saturated rings. The minimum absolute atomic E-state index is 0.155. The normalized spacial score (nSPS) is 10.8. The Balaban J connectivity index is 2.54. The third kappa shape index (κ3) is 3.56. The zero-order valence-electron chi connectivity index (χ0n) is 9.65. The highest BCUT2D eigenvalue weighted by atomic mass is 15.3. The van der Waals surface area contributed by atoms with Gasteiger partial charge >= 0.3 is 0 Å². The van der Waals surface area contributed by atoms with Crippen LogP contribution in [0.5, 0.6) is 0 Å². The van der Waals surface area contributed by atoms with Crippen molar-refractivity contribution >= 4 is 17.6 Å². The summed E-state index contributed by atoms with van der Waals surface area (Å²) in [6, 6.07) is 3.64. The Morgan fingerprint density at radius 2 is 2.25 bits per heavy atom. The maximum atomic E-state index is 7.70. The molecule has 0 aliphatic rings. The maximum Gasteiger partial charge on any atom is 0.199 e. The van der Waals surface area contributed by atoms with E-state index in [0.717, 1.165) is 5.69 Å². The predicted molar refractivity (Wildman–Crippen MR) is 65.8 cm³/mol. The van der Waals surface area contributed by atoms with E-state index in [1.807, 2.05) is 20.2 Å². The fourth-order valence-electron chi connectivity index (χ4n) is 1.09. The van der Waals surface area contributed by atoms with Gasteiger partial charge in [-0.2, -0.15) is 0 Å². The highest BCUT2D eigenvalue weighted by Crippen LogP contribution is 2.01. The average molecular weight is 220 g/mol. The first kappa shape index (κ1) is 12.0. The molecular weight excluding hydrogens is 204 g/mol. The molecule has 0 saturated heterocycles. The van der Waals surface area contributed by atoms with Gasteiger partial charge in [-0.1, -0.05) is 0 Å². The fourth-order valence-corrected chi connectivity index (χ4v) is 1.09. The molecule has 6 nitrogen and oxygen atoms in total. The van der Waals surface area contributed by atoms with Crippen LogP contribution in [0.15, 0.2) is 29.5 Å². The highest BCUT2D eigenvalue weighted by Gasteiger charge is 2.03. The molecule has 0 amide bonds. The summed E-state index contributed by atoms with van der Waals surface area (Å²) < 4.78 is 0. The van der Waals surface area contributed by atoms with Crippen molar-refractivity contribution in [2.24, 2.45) is 4.99 Å². The van der Waals surface area contributed by atoms with Crippen molar-refractivity contribution in [3.8, 4) is 0 Å². The number of nitrogens with one attached hydrogen (secondary N) is 3. The topological polar surface area (TPSA) is 76.4 Å². The molecule has 6 heteroatoms. The van der Waals surface area contributed by atoms with Crippen LogP contribution in [0.1, 0.15) is 0 Å². The Morgan fingerprint density at radius 1 is 1.50 bits per heavy atom. The van der Waals surface area contributed by atoms with Crippen LogP contribution in [0.3, 0.4) is 0 Å². The van der Waals surface area contributed by atoms with E-state index in [1.54, 1.807) is 30.4 Å². The van der Waals surface area contributed by atoms with Gasteiger partial charge in [0.15, 0.2) is 11.9 Å². The van der Waals surface area contributed by atoms with Crippen molar-refractivity contribution in [1.29, 1.82) is 5.41 Å². The van der Waals surface area contributed by atoms with Crippen LogP contribution in [0.4, 0.5) is 5.69 Å². The molecule has 86 valence electrons. The van der Waals surface area contributed by atoms with E-state index in [2.05, 4.69) is 20.6 Å². The van der Waals surface area contributed by atoms with Crippen molar-refractivity contribution in [1.82, 2.24) is 15.2 Å². The van der Waals surface area contributed by atoms with Crippen LogP contribution < -0.4 is 10.6 Å². The summed E-state index contributed by atoms with van der Waals surface area (Å²) in [5, 5.41) is 13.4. The summed E-state index contributed by atoms with van der Waals surface area (Å²) >= 11 is 0. The lowest BCUT2D eigenvalue weighted by molar-refractivity contribution is 0.603. The minimum atomic E-state index is 0.155. The second-order valence-corrected chi connectivity index (χ2v) is 3.31. The molecule has 0 aromatic carbocycles. The molecule has 0 unspecified atom stereocenters. The number of aliphatic imine (C=N–C) groups is 1. The molecule has 0 spiro atoms. The van der Waals surface area contributed by atoms with Gasteiger partial charge < -0.3 is 10.2 Å². The number of aromatic nitrogens is 1. The highest BCUT2D eigenvalue weighted by molar-refractivity contribution is 6.03. The molecule has 0 aliphatic carbocycles. The molecule has 1 heterocycles. The predicted octanol–water partition coefficient (Wildman–Crippen LogP) is 0.565. The zero-order chi connectivity index (χ0) is 12.0. The SMILES string of the molecule is CN=C(NC(=N)Nc1cccnc1)N(C)C. The smallest absolute Gasteiger partial charge is 0.199 e. The molecule has 0 bridgehead atoms. The first-order chi connectivity index (χ1) is 7.63.